The summed E-state index contributed by atoms with van der Waals surface area (Å²) in [6.07, 6.45) is 24.3. The fourth-order valence-corrected chi connectivity index (χ4v) is 10.5. The number of piperazine rings is 1. The van der Waals surface area contributed by atoms with Gasteiger partial charge in [0.25, 0.3) is 0 Å². The molecule has 4 aromatic rings. The number of unbranched alkanes of at least 4 members (excludes halogenated alkanes) is 10. The van der Waals surface area contributed by atoms with Crippen LogP contribution in [0.15, 0.2) is 30.5 Å². The number of anilines is 1. The van der Waals surface area contributed by atoms with Gasteiger partial charge in [-0.25, -0.2) is 13.2 Å². The van der Waals surface area contributed by atoms with Gasteiger partial charge in [-0.3, -0.25) is 24.3 Å². The molecule has 4 atom stereocenters. The van der Waals surface area contributed by atoms with E-state index in [4.69, 9.17) is 25.4 Å². The van der Waals surface area contributed by atoms with E-state index in [0.717, 1.165) is 90.0 Å². The van der Waals surface area contributed by atoms with Crippen LogP contribution >= 0.6 is 0 Å². The van der Waals surface area contributed by atoms with Gasteiger partial charge in [-0.1, -0.05) is 90.0 Å². The third-order valence-corrected chi connectivity index (χ3v) is 14.5. The molecule has 13 nitrogen and oxygen atoms in total. The van der Waals surface area contributed by atoms with Crippen LogP contribution in [0.1, 0.15) is 148 Å². The molecule has 8 rings (SSSR count). The number of nitrogens with one attached hydrogen (secondary N) is 1. The van der Waals surface area contributed by atoms with E-state index in [1.165, 1.54) is 57.3 Å². The normalized spacial score (nSPS) is 19.4. The Bertz CT molecular complexity index is 2500. The number of methoxy groups -OCH3 is 1. The molecular weight excluding hydrogens is 926 g/mol. The number of carbonyl (C=O) groups excluding carboxylic acids is 3. The average Bonchev–Trinajstić information content (AvgIpc) is 4.08. The van der Waals surface area contributed by atoms with Gasteiger partial charge in [0.05, 0.1) is 18.1 Å². The molecule has 4 saturated heterocycles. The second-order valence-electron chi connectivity index (χ2n) is 20.3. The third kappa shape index (κ3) is 13.7. The Labute approximate surface area is 422 Å². The van der Waals surface area contributed by atoms with Crippen molar-refractivity contribution < 1.29 is 46.5 Å². The van der Waals surface area contributed by atoms with Crippen molar-refractivity contribution in [3.63, 3.8) is 0 Å². The van der Waals surface area contributed by atoms with Crippen molar-refractivity contribution in [3.05, 3.63) is 47.7 Å². The zero-order valence-corrected chi connectivity index (χ0v) is 42.7. The minimum absolute atomic E-state index is 0.0399. The minimum atomic E-state index is -1.63. The Morgan fingerprint density at radius 2 is 1.50 bits per heavy atom. The second-order valence-corrected chi connectivity index (χ2v) is 20.3. The zero-order valence-electron chi connectivity index (χ0n) is 42.7. The fraction of sp³-hybridized carbons (Fsp3) is 0.607. The third-order valence-electron chi connectivity index (χ3n) is 14.5. The molecule has 16 heteroatoms. The summed E-state index contributed by atoms with van der Waals surface area (Å²) in [5, 5.41) is 4.45. The molecular formula is C56H73F3N6O7. The van der Waals surface area contributed by atoms with Gasteiger partial charge in [-0.2, -0.15) is 9.97 Å². The number of benzene rings is 2. The van der Waals surface area contributed by atoms with Crippen LogP contribution < -0.4 is 19.7 Å². The molecule has 3 unspecified atom stereocenters. The van der Waals surface area contributed by atoms with Gasteiger partial charge in [-0.05, 0) is 82.0 Å². The topological polar surface area (TPSA) is 145 Å². The second kappa shape index (κ2) is 25.9. The van der Waals surface area contributed by atoms with E-state index in [2.05, 4.69) is 49.8 Å². The van der Waals surface area contributed by atoms with Crippen LogP contribution in [0.2, 0.25) is 0 Å². The number of nitrogens with zero attached hydrogens (tertiary/aromatic N) is 5. The van der Waals surface area contributed by atoms with E-state index in [-0.39, 0.29) is 64.4 Å². The summed E-state index contributed by atoms with van der Waals surface area (Å²) in [6, 6.07) is 6.57. The molecule has 2 aromatic heterocycles. The molecule has 72 heavy (non-hydrogen) atoms. The number of hydrogen-bond acceptors (Lipinski definition) is 13. The van der Waals surface area contributed by atoms with E-state index >= 15 is 8.78 Å². The van der Waals surface area contributed by atoms with Crippen molar-refractivity contribution in [2.75, 3.05) is 51.4 Å². The Kier molecular flexibility index (Phi) is 19.5. The maximum atomic E-state index is 17.1. The molecule has 0 aliphatic carbocycles. The molecule has 0 saturated carbocycles. The quantitative estimate of drug-likeness (QED) is 0.0326. The average molecular weight is 999 g/mol. The van der Waals surface area contributed by atoms with Crippen LogP contribution in [-0.4, -0.2) is 109 Å². The van der Waals surface area contributed by atoms with Crippen LogP contribution in [-0.2, 0) is 23.9 Å². The first kappa shape index (κ1) is 54.2. The van der Waals surface area contributed by atoms with Crippen LogP contribution in [0.5, 0.6) is 11.8 Å². The molecule has 1 N–H and O–H groups in total. The summed E-state index contributed by atoms with van der Waals surface area (Å²) < 4.78 is 67.8. The number of pyridine rings is 1. The van der Waals surface area contributed by atoms with Gasteiger partial charge in [0.2, 0.25) is 0 Å². The fourth-order valence-electron chi connectivity index (χ4n) is 10.5. The van der Waals surface area contributed by atoms with E-state index in [9.17, 15) is 18.8 Å². The number of aromatic nitrogens is 3. The van der Waals surface area contributed by atoms with E-state index in [0.29, 0.717) is 55.1 Å². The largest absolute Gasteiger partial charge is 0.467 e. The van der Waals surface area contributed by atoms with Crippen LogP contribution in [0, 0.1) is 29.4 Å². The van der Waals surface area contributed by atoms with Gasteiger partial charge in [-0.15, -0.1) is 6.42 Å². The number of fused-ring (bicyclic) bond motifs is 5. The number of carbonyl (C=O) groups is 3. The monoisotopic (exact) mass is 999 g/mol. The first-order valence-corrected chi connectivity index (χ1v) is 26.4. The first-order chi connectivity index (χ1) is 34.8. The highest BCUT2D eigenvalue weighted by Crippen LogP contribution is 2.40. The highest BCUT2D eigenvalue weighted by atomic mass is 19.1. The number of alkyl halides is 1. The first-order valence-electron chi connectivity index (χ1n) is 26.4. The summed E-state index contributed by atoms with van der Waals surface area (Å²) in [5.41, 5.74) is -2.03. The Morgan fingerprint density at radius 3 is 2.11 bits per heavy atom. The Morgan fingerprint density at radius 1 is 0.861 bits per heavy atom. The SMILES string of the molecule is C#Cc1c(F)ccc2cc(OC(=O)C(C)(COC(=O)CCCCCCCC)COC(=O)CCCCCCCC)cc(-c3ncc4c(N5CC6CCC(C5)N6)nc(OC)nc4c3F)c12.F[C@@H]1CC2CCCN2C1. The molecule has 4 aliphatic rings. The Balaban J connectivity index is 0.000000752. The lowest BCUT2D eigenvalue weighted by atomic mass is 9.92. The van der Waals surface area contributed by atoms with Gasteiger partial charge in [0.15, 0.2) is 5.82 Å². The molecule has 4 aliphatic heterocycles. The summed E-state index contributed by atoms with van der Waals surface area (Å²) in [6.45, 7) is 8.12. The zero-order chi connectivity index (χ0) is 51.2. The molecule has 0 spiro atoms. The maximum absolute atomic E-state index is 17.1. The van der Waals surface area contributed by atoms with Crippen molar-refractivity contribution in [3.8, 4) is 35.4 Å². The van der Waals surface area contributed by atoms with Crippen LogP contribution in [0.3, 0.4) is 0 Å². The van der Waals surface area contributed by atoms with Gasteiger partial charge in [0.1, 0.15) is 53.4 Å². The van der Waals surface area contributed by atoms with Crippen molar-refractivity contribution in [1.82, 2.24) is 25.2 Å². The number of rotatable bonds is 23. The summed E-state index contributed by atoms with van der Waals surface area (Å²) in [7, 11) is 1.40. The van der Waals surface area contributed by atoms with Gasteiger partial charge >= 0.3 is 23.9 Å². The van der Waals surface area contributed by atoms with Crippen molar-refractivity contribution in [2.45, 2.75) is 167 Å². The van der Waals surface area contributed by atoms with E-state index in [1.54, 1.807) is 0 Å². The molecule has 0 radical (unpaired) electrons. The number of halogens is 3. The predicted molar refractivity (Wildman–Crippen MR) is 273 cm³/mol. The van der Waals surface area contributed by atoms with Crippen LogP contribution in [0.25, 0.3) is 32.9 Å². The van der Waals surface area contributed by atoms with Gasteiger partial charge < -0.3 is 29.2 Å². The number of ether oxygens (including phenoxy) is 4. The molecule has 0 amide bonds. The summed E-state index contributed by atoms with van der Waals surface area (Å²) >= 11 is 0. The number of esters is 3. The standard InChI is InChI=1S/C49H61F2N5O7.C7H12FN/c1-6-9-11-13-15-17-19-40(57)61-30-49(4,31-62-41(58)20-18-16-14-12-10-7-2)47(59)63-35-25-32-21-24-39(50)36(8-3)42(32)37(26-35)44-43(51)45-38(27-52-44)46(55-48(54-45)60-5)56-28-33-22-23-34(29-56)53-33;8-6-4-7-2-1-3-9(7)5-6/h3,21,24-27,33-34,53H,6-7,9-20,22-23,28-31H2,1-2,4-5H3;6-7H,1-5H2/t;6-,7?/m.1/s1. The number of terminal acetylenes is 1. The van der Waals surface area contributed by atoms with Crippen molar-refractivity contribution in [2.24, 2.45) is 5.41 Å². The molecule has 2 aromatic carbocycles. The van der Waals surface area contributed by atoms with Crippen molar-refractivity contribution in [1.29, 1.82) is 0 Å². The molecule has 6 heterocycles. The molecule has 4 fully saturated rings. The van der Waals surface area contributed by atoms with Gasteiger partial charge in [0, 0.05) is 67.7 Å². The lowest BCUT2D eigenvalue weighted by molar-refractivity contribution is -0.164. The highest BCUT2D eigenvalue weighted by molar-refractivity contribution is 6.03. The molecule has 390 valence electrons. The van der Waals surface area contributed by atoms with Crippen LogP contribution in [0.4, 0.5) is 19.0 Å². The summed E-state index contributed by atoms with van der Waals surface area (Å²) in [4.78, 5) is 58.0. The van der Waals surface area contributed by atoms with E-state index in [1.807, 2.05) is 0 Å². The summed E-state index contributed by atoms with van der Waals surface area (Å²) in [5.74, 6) is -0.568. The molecule has 2 bridgehead atoms. The highest BCUT2D eigenvalue weighted by Gasteiger charge is 2.40. The Hall–Kier alpha value is -5.53. The lowest BCUT2D eigenvalue weighted by Crippen LogP contribution is -2.51. The number of hydrogen-bond donors (Lipinski definition) is 1. The minimum Gasteiger partial charge on any atom is -0.467 e. The smallest absolute Gasteiger partial charge is 0.324 e. The predicted octanol–water partition coefficient (Wildman–Crippen LogP) is 10.7. The van der Waals surface area contributed by atoms with E-state index < -0.39 is 54.3 Å². The van der Waals surface area contributed by atoms with Crippen molar-refractivity contribution >= 4 is 45.4 Å². The lowest BCUT2D eigenvalue weighted by Gasteiger charge is -2.34. The maximum Gasteiger partial charge on any atom is 0.324 e.